The van der Waals surface area contributed by atoms with Gasteiger partial charge in [-0.25, -0.2) is 4.98 Å². The molecule has 3 aromatic heterocycles. The summed E-state index contributed by atoms with van der Waals surface area (Å²) < 4.78 is 1.35. The van der Waals surface area contributed by atoms with Gasteiger partial charge in [0.15, 0.2) is 0 Å². The zero-order chi connectivity index (χ0) is 17.8. The van der Waals surface area contributed by atoms with E-state index in [-0.39, 0.29) is 11.5 Å². The maximum atomic E-state index is 12.2. The molecule has 0 fully saturated rings. The van der Waals surface area contributed by atoms with Crippen molar-refractivity contribution in [3.8, 4) is 0 Å². The molecular weight excluding hydrogens is 340 g/mol. The predicted molar refractivity (Wildman–Crippen MR) is 95.9 cm³/mol. The van der Waals surface area contributed by atoms with Crippen LogP contribution in [0.3, 0.4) is 0 Å². The molecule has 126 valence electrons. The number of carbonyl (C=O) groups excluding carboxylic acids is 1. The van der Waals surface area contributed by atoms with E-state index < -0.39 is 0 Å². The number of anilines is 1. The number of nitrogens with zero attached hydrogens (tertiary/aromatic N) is 3. The van der Waals surface area contributed by atoms with Crippen LogP contribution in [0.1, 0.15) is 21.5 Å². The van der Waals surface area contributed by atoms with Crippen molar-refractivity contribution in [3.63, 3.8) is 0 Å². The van der Waals surface area contributed by atoms with Crippen molar-refractivity contribution >= 4 is 23.3 Å². The van der Waals surface area contributed by atoms with Crippen LogP contribution in [0.25, 0.3) is 0 Å². The highest BCUT2D eigenvalue weighted by molar-refractivity contribution is 6.30. The van der Waals surface area contributed by atoms with E-state index in [2.05, 4.69) is 15.3 Å². The molecule has 7 heteroatoms. The summed E-state index contributed by atoms with van der Waals surface area (Å²) in [7, 11) is 1.59. The van der Waals surface area contributed by atoms with Gasteiger partial charge < -0.3 is 9.88 Å². The SMILES string of the molecule is Cn1cc(C(=O)Nc2ccc(Cc3cncc(Cl)c3)cn2)ccc1=O. The van der Waals surface area contributed by atoms with Crippen LogP contribution in [-0.2, 0) is 13.5 Å². The summed E-state index contributed by atoms with van der Waals surface area (Å²) in [5, 5.41) is 3.30. The molecule has 0 aliphatic rings. The third kappa shape index (κ3) is 4.30. The van der Waals surface area contributed by atoms with Gasteiger partial charge in [-0.3, -0.25) is 14.6 Å². The molecule has 0 spiro atoms. The predicted octanol–water partition coefficient (Wildman–Crippen LogP) is 2.67. The zero-order valence-corrected chi connectivity index (χ0v) is 14.2. The van der Waals surface area contributed by atoms with Crippen molar-refractivity contribution in [2.24, 2.45) is 7.05 Å². The van der Waals surface area contributed by atoms with Gasteiger partial charge in [0.2, 0.25) is 5.56 Å². The summed E-state index contributed by atoms with van der Waals surface area (Å²) in [5.41, 5.74) is 2.17. The minimum atomic E-state index is -0.324. The lowest BCUT2D eigenvalue weighted by atomic mass is 10.1. The van der Waals surface area contributed by atoms with E-state index in [4.69, 9.17) is 11.6 Å². The second-order valence-corrected chi connectivity index (χ2v) is 6.00. The van der Waals surface area contributed by atoms with Crippen LogP contribution in [0.5, 0.6) is 0 Å². The second kappa shape index (κ2) is 7.27. The molecule has 0 bridgehead atoms. The maximum absolute atomic E-state index is 12.2. The molecule has 0 saturated carbocycles. The Morgan fingerprint density at radius 3 is 2.68 bits per heavy atom. The average molecular weight is 355 g/mol. The van der Waals surface area contributed by atoms with Gasteiger partial charge in [0.1, 0.15) is 5.82 Å². The molecule has 0 aliphatic heterocycles. The summed E-state index contributed by atoms with van der Waals surface area (Å²) in [5.74, 6) is 0.113. The number of rotatable bonds is 4. The summed E-state index contributed by atoms with van der Waals surface area (Å²) in [6.07, 6.45) is 7.16. The number of aryl methyl sites for hydroxylation is 1. The highest BCUT2D eigenvalue weighted by Crippen LogP contribution is 2.14. The molecule has 3 rings (SSSR count). The molecule has 0 unspecified atom stereocenters. The summed E-state index contributed by atoms with van der Waals surface area (Å²) in [6, 6.07) is 8.30. The van der Waals surface area contributed by atoms with Crippen molar-refractivity contribution < 1.29 is 4.79 Å². The number of nitrogens with one attached hydrogen (secondary N) is 1. The van der Waals surface area contributed by atoms with Crippen LogP contribution in [0, 0.1) is 0 Å². The van der Waals surface area contributed by atoms with Gasteiger partial charge in [-0.05, 0) is 29.3 Å². The Kier molecular flexibility index (Phi) is 4.90. The van der Waals surface area contributed by atoms with Gasteiger partial charge in [-0.1, -0.05) is 17.7 Å². The quantitative estimate of drug-likeness (QED) is 0.781. The lowest BCUT2D eigenvalue weighted by Gasteiger charge is -2.07. The van der Waals surface area contributed by atoms with E-state index in [9.17, 15) is 9.59 Å². The molecule has 0 aliphatic carbocycles. The topological polar surface area (TPSA) is 76.9 Å². The van der Waals surface area contributed by atoms with Gasteiger partial charge in [0.25, 0.3) is 5.91 Å². The molecule has 6 nitrogen and oxygen atoms in total. The van der Waals surface area contributed by atoms with E-state index in [1.54, 1.807) is 31.7 Å². The molecule has 0 atom stereocenters. The van der Waals surface area contributed by atoms with Gasteiger partial charge in [-0.15, -0.1) is 0 Å². The van der Waals surface area contributed by atoms with Crippen LogP contribution < -0.4 is 10.9 Å². The largest absolute Gasteiger partial charge is 0.318 e. The van der Waals surface area contributed by atoms with Gasteiger partial charge in [-0.2, -0.15) is 0 Å². The van der Waals surface area contributed by atoms with E-state index in [0.29, 0.717) is 22.8 Å². The van der Waals surface area contributed by atoms with Crippen molar-refractivity contribution in [2.45, 2.75) is 6.42 Å². The first-order chi connectivity index (χ1) is 12.0. The molecule has 0 radical (unpaired) electrons. The van der Waals surface area contributed by atoms with Crippen molar-refractivity contribution in [1.29, 1.82) is 0 Å². The Morgan fingerprint density at radius 1 is 1.16 bits per heavy atom. The lowest BCUT2D eigenvalue weighted by Crippen LogP contribution is -2.19. The minimum absolute atomic E-state index is 0.172. The Hall–Kier alpha value is -2.99. The molecule has 0 saturated heterocycles. The Labute approximate surface area is 149 Å². The van der Waals surface area contributed by atoms with E-state index in [1.165, 1.54) is 22.9 Å². The Bertz CT molecular complexity index is 967. The minimum Gasteiger partial charge on any atom is -0.318 e. The first-order valence-electron chi connectivity index (χ1n) is 7.53. The molecule has 0 aromatic carbocycles. The van der Waals surface area contributed by atoms with Crippen molar-refractivity contribution in [3.05, 3.63) is 87.2 Å². The smallest absolute Gasteiger partial charge is 0.258 e. The summed E-state index contributed by atoms with van der Waals surface area (Å²) in [4.78, 5) is 31.9. The highest BCUT2D eigenvalue weighted by atomic mass is 35.5. The Morgan fingerprint density at radius 2 is 2.00 bits per heavy atom. The first-order valence-corrected chi connectivity index (χ1v) is 7.91. The number of carbonyl (C=O) groups is 1. The highest BCUT2D eigenvalue weighted by Gasteiger charge is 2.08. The van der Waals surface area contributed by atoms with E-state index >= 15 is 0 Å². The van der Waals surface area contributed by atoms with Crippen LogP contribution in [0.2, 0.25) is 5.02 Å². The normalized spacial score (nSPS) is 10.5. The number of halogens is 1. The number of hydrogen-bond donors (Lipinski definition) is 1. The average Bonchev–Trinajstić information content (AvgIpc) is 2.59. The van der Waals surface area contributed by atoms with Gasteiger partial charge >= 0.3 is 0 Å². The summed E-state index contributed by atoms with van der Waals surface area (Å²) in [6.45, 7) is 0. The number of pyridine rings is 3. The Balaban J connectivity index is 1.68. The first kappa shape index (κ1) is 16.9. The molecule has 1 amide bonds. The lowest BCUT2D eigenvalue weighted by molar-refractivity contribution is 0.102. The number of aromatic nitrogens is 3. The standard InChI is InChI=1S/C18H15ClN4O2/c1-23-11-14(3-5-17(23)24)18(25)22-16-4-2-12(9-21-16)6-13-7-15(19)10-20-8-13/h2-5,7-11H,6H2,1H3,(H,21,22,25). The third-order valence-electron chi connectivity index (χ3n) is 3.58. The number of hydrogen-bond acceptors (Lipinski definition) is 4. The molecular formula is C18H15ClN4O2. The zero-order valence-electron chi connectivity index (χ0n) is 13.4. The second-order valence-electron chi connectivity index (χ2n) is 5.56. The fraction of sp³-hybridized carbons (Fsp3) is 0.111. The van der Waals surface area contributed by atoms with Crippen LogP contribution in [0.15, 0.2) is 59.9 Å². The maximum Gasteiger partial charge on any atom is 0.258 e. The monoisotopic (exact) mass is 354 g/mol. The van der Waals surface area contributed by atoms with Gasteiger partial charge in [0.05, 0.1) is 10.6 Å². The van der Waals surface area contributed by atoms with Gasteiger partial charge in [0, 0.05) is 44.3 Å². The van der Waals surface area contributed by atoms with E-state index in [1.807, 2.05) is 12.1 Å². The molecule has 1 N–H and O–H groups in total. The number of amides is 1. The van der Waals surface area contributed by atoms with Crippen molar-refractivity contribution in [1.82, 2.24) is 14.5 Å². The van der Waals surface area contributed by atoms with Crippen molar-refractivity contribution in [2.75, 3.05) is 5.32 Å². The molecule has 25 heavy (non-hydrogen) atoms. The van der Waals surface area contributed by atoms with Crippen LogP contribution in [0.4, 0.5) is 5.82 Å². The van der Waals surface area contributed by atoms with Crippen LogP contribution >= 0.6 is 11.6 Å². The molecule has 3 heterocycles. The fourth-order valence-corrected chi connectivity index (χ4v) is 2.50. The summed E-state index contributed by atoms with van der Waals surface area (Å²) >= 11 is 5.93. The van der Waals surface area contributed by atoms with E-state index in [0.717, 1.165) is 11.1 Å². The fourth-order valence-electron chi connectivity index (χ4n) is 2.31. The third-order valence-corrected chi connectivity index (χ3v) is 3.79. The molecule has 3 aromatic rings. The van der Waals surface area contributed by atoms with Crippen LogP contribution in [-0.4, -0.2) is 20.4 Å².